The smallest absolute Gasteiger partial charge is 0.274 e. The standard InChI is InChI=1S/C10H10N6O2/c1-6-7(3-2-4-9(6)16(17)18)14-15-8(5-11)10(12)13/h2-4,14H,1H3,(H3,12,13)/b15-8+. The summed E-state index contributed by atoms with van der Waals surface area (Å²) in [6, 6.07) is 6.05. The predicted molar refractivity (Wildman–Crippen MR) is 66.4 cm³/mol. The lowest BCUT2D eigenvalue weighted by Gasteiger charge is -2.05. The second kappa shape index (κ2) is 5.40. The first-order chi connectivity index (χ1) is 8.47. The Kier molecular flexibility index (Phi) is 3.93. The van der Waals surface area contributed by atoms with Crippen LogP contribution in [0.15, 0.2) is 23.3 Å². The molecule has 0 radical (unpaired) electrons. The Morgan fingerprint density at radius 1 is 1.67 bits per heavy atom. The number of benzene rings is 1. The molecule has 0 atom stereocenters. The van der Waals surface area contributed by atoms with E-state index in [-0.39, 0.29) is 11.4 Å². The molecular formula is C10H10N6O2. The summed E-state index contributed by atoms with van der Waals surface area (Å²) in [4.78, 5) is 10.2. The molecule has 1 aromatic rings. The van der Waals surface area contributed by atoms with Gasteiger partial charge in [0.15, 0.2) is 5.84 Å². The average molecular weight is 246 g/mol. The van der Waals surface area contributed by atoms with E-state index < -0.39 is 10.8 Å². The van der Waals surface area contributed by atoms with Crippen molar-refractivity contribution in [2.24, 2.45) is 10.8 Å². The fourth-order valence-electron chi connectivity index (χ4n) is 1.20. The topological polar surface area (TPSA) is 141 Å². The Morgan fingerprint density at radius 3 is 2.83 bits per heavy atom. The minimum absolute atomic E-state index is 0.0588. The van der Waals surface area contributed by atoms with Gasteiger partial charge in [0, 0.05) is 6.07 Å². The van der Waals surface area contributed by atoms with Gasteiger partial charge in [0.2, 0.25) is 5.71 Å². The molecule has 0 aliphatic carbocycles. The molecule has 4 N–H and O–H groups in total. The molecule has 1 aromatic carbocycles. The van der Waals surface area contributed by atoms with Crippen LogP contribution in [-0.2, 0) is 0 Å². The highest BCUT2D eigenvalue weighted by Crippen LogP contribution is 2.24. The normalized spacial score (nSPS) is 10.6. The molecule has 92 valence electrons. The van der Waals surface area contributed by atoms with Gasteiger partial charge in [-0.2, -0.15) is 10.4 Å². The Bertz CT molecular complexity index is 572. The van der Waals surface area contributed by atoms with Gasteiger partial charge in [-0.15, -0.1) is 0 Å². The van der Waals surface area contributed by atoms with E-state index in [1.807, 2.05) is 0 Å². The fourth-order valence-corrected chi connectivity index (χ4v) is 1.20. The molecule has 0 saturated carbocycles. The summed E-state index contributed by atoms with van der Waals surface area (Å²) in [5.41, 5.74) is 8.00. The molecule has 0 aliphatic rings. The van der Waals surface area contributed by atoms with E-state index in [1.54, 1.807) is 19.1 Å². The minimum atomic E-state index is -0.513. The van der Waals surface area contributed by atoms with Gasteiger partial charge in [0.05, 0.1) is 16.2 Å². The number of nitrogens with two attached hydrogens (primary N) is 1. The number of rotatable bonds is 4. The number of hydrogen-bond donors (Lipinski definition) is 3. The second-order valence-electron chi connectivity index (χ2n) is 3.30. The van der Waals surface area contributed by atoms with Crippen molar-refractivity contribution >= 4 is 22.9 Å². The molecular weight excluding hydrogens is 236 g/mol. The van der Waals surface area contributed by atoms with Crippen LogP contribution in [0.2, 0.25) is 0 Å². The summed E-state index contributed by atoms with van der Waals surface area (Å²) in [5, 5.41) is 30.0. The van der Waals surface area contributed by atoms with Crippen LogP contribution < -0.4 is 11.2 Å². The predicted octanol–water partition coefficient (Wildman–Crippen LogP) is 1.13. The van der Waals surface area contributed by atoms with E-state index in [0.717, 1.165) is 0 Å². The van der Waals surface area contributed by atoms with E-state index in [9.17, 15) is 10.1 Å². The van der Waals surface area contributed by atoms with Crippen LogP contribution >= 0.6 is 0 Å². The highest BCUT2D eigenvalue weighted by atomic mass is 16.6. The lowest BCUT2D eigenvalue weighted by molar-refractivity contribution is -0.385. The van der Waals surface area contributed by atoms with E-state index in [4.69, 9.17) is 16.4 Å². The second-order valence-corrected chi connectivity index (χ2v) is 3.30. The lowest BCUT2D eigenvalue weighted by Crippen LogP contribution is -2.22. The van der Waals surface area contributed by atoms with Gasteiger partial charge in [-0.1, -0.05) is 6.07 Å². The van der Waals surface area contributed by atoms with Gasteiger partial charge in [-0.3, -0.25) is 20.9 Å². The van der Waals surface area contributed by atoms with E-state index >= 15 is 0 Å². The zero-order chi connectivity index (χ0) is 13.7. The van der Waals surface area contributed by atoms with Crippen molar-refractivity contribution in [2.45, 2.75) is 6.92 Å². The van der Waals surface area contributed by atoms with Gasteiger partial charge < -0.3 is 5.73 Å². The summed E-state index contributed by atoms with van der Waals surface area (Å²) in [6.45, 7) is 1.55. The number of hydrazone groups is 1. The number of amidine groups is 1. The number of nitro groups is 1. The first-order valence-corrected chi connectivity index (χ1v) is 4.79. The van der Waals surface area contributed by atoms with Crippen LogP contribution in [0.3, 0.4) is 0 Å². The van der Waals surface area contributed by atoms with Crippen molar-refractivity contribution in [1.82, 2.24) is 0 Å². The fraction of sp³-hybridized carbons (Fsp3) is 0.100. The van der Waals surface area contributed by atoms with Crippen LogP contribution in [0.4, 0.5) is 11.4 Å². The molecule has 0 bridgehead atoms. The average Bonchev–Trinajstić information content (AvgIpc) is 2.31. The third-order valence-electron chi connectivity index (χ3n) is 2.15. The van der Waals surface area contributed by atoms with Crippen LogP contribution in [-0.4, -0.2) is 16.5 Å². The first-order valence-electron chi connectivity index (χ1n) is 4.79. The third-order valence-corrected chi connectivity index (χ3v) is 2.15. The molecule has 8 nitrogen and oxygen atoms in total. The maximum absolute atomic E-state index is 10.7. The third kappa shape index (κ3) is 2.79. The quantitative estimate of drug-likeness (QED) is 0.316. The van der Waals surface area contributed by atoms with E-state index in [2.05, 4.69) is 10.5 Å². The molecule has 0 aliphatic heterocycles. The molecule has 18 heavy (non-hydrogen) atoms. The van der Waals surface area contributed by atoms with Crippen molar-refractivity contribution in [3.05, 3.63) is 33.9 Å². The first kappa shape index (κ1) is 13.1. The summed E-state index contributed by atoms with van der Waals surface area (Å²) in [6.07, 6.45) is 0. The van der Waals surface area contributed by atoms with Crippen LogP contribution in [0.25, 0.3) is 0 Å². The van der Waals surface area contributed by atoms with Crippen molar-refractivity contribution in [2.75, 3.05) is 5.43 Å². The molecule has 0 amide bonds. The largest absolute Gasteiger partial charge is 0.382 e. The molecule has 1 rings (SSSR count). The zero-order valence-corrected chi connectivity index (χ0v) is 9.47. The number of hydrogen-bond acceptors (Lipinski definition) is 6. The highest BCUT2D eigenvalue weighted by molar-refractivity contribution is 6.45. The number of anilines is 1. The molecule has 0 heterocycles. The number of nitriles is 1. The molecule has 8 heteroatoms. The van der Waals surface area contributed by atoms with E-state index in [0.29, 0.717) is 11.3 Å². The molecule has 0 aromatic heterocycles. The van der Waals surface area contributed by atoms with Crippen molar-refractivity contribution in [3.63, 3.8) is 0 Å². The van der Waals surface area contributed by atoms with Gasteiger partial charge in [-0.05, 0) is 13.0 Å². The Balaban J connectivity index is 3.07. The highest BCUT2D eigenvalue weighted by Gasteiger charge is 2.13. The Hall–Kier alpha value is -2.95. The monoisotopic (exact) mass is 246 g/mol. The van der Waals surface area contributed by atoms with E-state index in [1.165, 1.54) is 12.1 Å². The summed E-state index contributed by atoms with van der Waals surface area (Å²) in [5.74, 6) is -0.479. The van der Waals surface area contributed by atoms with Crippen LogP contribution in [0, 0.1) is 33.8 Å². The molecule has 0 fully saturated rings. The maximum Gasteiger partial charge on any atom is 0.274 e. The zero-order valence-electron chi connectivity index (χ0n) is 9.47. The Morgan fingerprint density at radius 2 is 2.33 bits per heavy atom. The Labute approximate surface area is 102 Å². The molecule has 0 unspecified atom stereocenters. The van der Waals surface area contributed by atoms with Crippen molar-refractivity contribution < 1.29 is 4.92 Å². The number of nitrogens with zero attached hydrogens (tertiary/aromatic N) is 3. The minimum Gasteiger partial charge on any atom is -0.382 e. The van der Waals surface area contributed by atoms with Crippen LogP contribution in [0.1, 0.15) is 5.56 Å². The van der Waals surface area contributed by atoms with Gasteiger partial charge in [0.25, 0.3) is 5.69 Å². The summed E-state index contributed by atoms with van der Waals surface area (Å²) in [7, 11) is 0. The molecule has 0 saturated heterocycles. The number of nitro benzene ring substituents is 1. The summed E-state index contributed by atoms with van der Waals surface area (Å²) >= 11 is 0. The SMILES string of the molecule is Cc1c(N/N=C(\C#N)C(=N)N)cccc1[N+](=O)[O-]. The maximum atomic E-state index is 10.7. The van der Waals surface area contributed by atoms with Crippen molar-refractivity contribution in [3.8, 4) is 6.07 Å². The molecule has 0 spiro atoms. The van der Waals surface area contributed by atoms with Gasteiger partial charge in [0.1, 0.15) is 6.07 Å². The van der Waals surface area contributed by atoms with Gasteiger partial charge >= 0.3 is 0 Å². The van der Waals surface area contributed by atoms with Gasteiger partial charge in [-0.25, -0.2) is 0 Å². The summed E-state index contributed by atoms with van der Waals surface area (Å²) < 4.78 is 0. The lowest BCUT2D eigenvalue weighted by atomic mass is 10.1. The van der Waals surface area contributed by atoms with Crippen LogP contribution in [0.5, 0.6) is 0 Å². The van der Waals surface area contributed by atoms with Crippen molar-refractivity contribution in [1.29, 1.82) is 10.7 Å². The number of nitrogens with one attached hydrogen (secondary N) is 2.